The maximum atomic E-state index is 11.9. The molecule has 0 saturated heterocycles. The molecule has 2 heterocycles. The van der Waals surface area contributed by atoms with Crippen molar-refractivity contribution in [1.82, 2.24) is 20.4 Å². The maximum absolute atomic E-state index is 11.9. The van der Waals surface area contributed by atoms with Gasteiger partial charge in [0.25, 0.3) is 11.8 Å². The number of alkyl carbamates (subject to hydrolysis) is 1. The summed E-state index contributed by atoms with van der Waals surface area (Å²) in [4.78, 5) is 31.3. The third-order valence-electron chi connectivity index (χ3n) is 2.74. The van der Waals surface area contributed by atoms with Crippen LogP contribution in [-0.4, -0.2) is 39.3 Å². The Hall–Kier alpha value is -3.17. The van der Waals surface area contributed by atoms with E-state index in [1.807, 2.05) is 0 Å². The normalized spacial score (nSPS) is 11.0. The van der Waals surface area contributed by atoms with Gasteiger partial charge in [0.2, 0.25) is 5.91 Å². The number of pyridine rings is 1. The fraction of sp³-hybridized carbons (Fsp3) is 0.400. The second-order valence-electron chi connectivity index (χ2n) is 6.11. The fourth-order valence-corrected chi connectivity index (χ4v) is 1.78. The van der Waals surface area contributed by atoms with Crippen molar-refractivity contribution in [3.8, 4) is 11.5 Å². The summed E-state index contributed by atoms with van der Waals surface area (Å²) in [5.41, 5.74) is 5.39. The quantitative estimate of drug-likeness (QED) is 0.738. The van der Waals surface area contributed by atoms with E-state index in [-0.39, 0.29) is 30.7 Å². The number of aromatic nitrogens is 3. The van der Waals surface area contributed by atoms with Crippen LogP contribution in [0.15, 0.2) is 22.9 Å². The van der Waals surface area contributed by atoms with Crippen LogP contribution in [0, 0.1) is 0 Å². The first-order valence-electron chi connectivity index (χ1n) is 7.55. The molecule has 0 aliphatic carbocycles. The molecule has 10 heteroatoms. The third kappa shape index (κ3) is 6.09. The number of anilines is 2. The van der Waals surface area contributed by atoms with E-state index in [0.717, 1.165) is 0 Å². The summed E-state index contributed by atoms with van der Waals surface area (Å²) in [6.07, 6.45) is 0.984. The highest BCUT2D eigenvalue weighted by molar-refractivity contribution is 5.90. The van der Waals surface area contributed by atoms with Crippen molar-refractivity contribution in [3.05, 3.63) is 18.3 Å². The van der Waals surface area contributed by atoms with Gasteiger partial charge in [0.05, 0.1) is 0 Å². The van der Waals surface area contributed by atoms with Crippen LogP contribution in [0.5, 0.6) is 0 Å². The molecule has 0 bridgehead atoms. The van der Waals surface area contributed by atoms with E-state index in [4.69, 9.17) is 15.0 Å². The van der Waals surface area contributed by atoms with Gasteiger partial charge >= 0.3 is 6.09 Å². The van der Waals surface area contributed by atoms with Gasteiger partial charge in [0.1, 0.15) is 11.4 Å². The van der Waals surface area contributed by atoms with Crippen LogP contribution in [0.2, 0.25) is 0 Å². The smallest absolute Gasteiger partial charge is 0.407 e. The number of carbonyl (C=O) groups excluding carboxylic acids is 2. The lowest BCUT2D eigenvalue weighted by Crippen LogP contribution is -2.34. The second kappa shape index (κ2) is 7.60. The zero-order valence-electron chi connectivity index (χ0n) is 14.2. The number of nitrogens with one attached hydrogen (secondary N) is 2. The number of nitrogen functional groups attached to an aromatic ring is 1. The van der Waals surface area contributed by atoms with E-state index in [9.17, 15) is 9.59 Å². The molecule has 2 aromatic heterocycles. The second-order valence-corrected chi connectivity index (χ2v) is 6.11. The molecule has 0 spiro atoms. The van der Waals surface area contributed by atoms with Crippen molar-refractivity contribution in [3.63, 3.8) is 0 Å². The van der Waals surface area contributed by atoms with E-state index < -0.39 is 11.7 Å². The number of nitrogens with zero attached hydrogens (tertiary/aromatic N) is 3. The van der Waals surface area contributed by atoms with E-state index in [1.165, 1.54) is 6.20 Å². The fourth-order valence-electron chi connectivity index (χ4n) is 1.78. The van der Waals surface area contributed by atoms with Gasteiger partial charge < -0.3 is 25.6 Å². The Kier molecular flexibility index (Phi) is 5.52. The molecule has 2 rings (SSSR count). The largest absolute Gasteiger partial charge is 0.444 e. The van der Waals surface area contributed by atoms with E-state index in [0.29, 0.717) is 11.4 Å². The highest BCUT2D eigenvalue weighted by Gasteiger charge is 2.16. The number of hydrogen-bond acceptors (Lipinski definition) is 8. The van der Waals surface area contributed by atoms with Crippen molar-refractivity contribution < 1.29 is 18.8 Å². The Morgan fingerprint density at radius 3 is 2.76 bits per heavy atom. The Morgan fingerprint density at radius 1 is 1.36 bits per heavy atom. The summed E-state index contributed by atoms with van der Waals surface area (Å²) in [5.74, 6) is 0.245. The first-order valence-corrected chi connectivity index (χ1v) is 7.55. The number of ether oxygens (including phenoxy) is 1. The molecule has 2 aromatic rings. The molecule has 0 atom stereocenters. The summed E-state index contributed by atoms with van der Waals surface area (Å²) >= 11 is 0. The molecule has 0 radical (unpaired) electrons. The molecular formula is C15H20N6O4. The standard InChI is InChI=1S/C15H20N6O4/c1-15(2,3)24-14(23)18-7-5-11(22)19-10-8-9(4-6-17-10)12-20-13(16)21-25-12/h4,6,8H,5,7H2,1-3H3,(H2,16,21)(H,18,23)(H,17,19,22). The summed E-state index contributed by atoms with van der Waals surface area (Å²) < 4.78 is 10.0. The molecule has 0 unspecified atom stereocenters. The van der Waals surface area contributed by atoms with Gasteiger partial charge in [-0.2, -0.15) is 4.98 Å². The van der Waals surface area contributed by atoms with Crippen molar-refractivity contribution in [2.24, 2.45) is 0 Å². The highest BCUT2D eigenvalue weighted by atomic mass is 16.6. The van der Waals surface area contributed by atoms with Gasteiger partial charge in [-0.3, -0.25) is 4.79 Å². The van der Waals surface area contributed by atoms with E-state index in [1.54, 1.807) is 32.9 Å². The molecule has 0 aliphatic heterocycles. The number of carbonyl (C=O) groups is 2. The van der Waals surface area contributed by atoms with Crippen LogP contribution in [0.25, 0.3) is 11.5 Å². The summed E-state index contributed by atoms with van der Waals surface area (Å²) in [7, 11) is 0. The minimum Gasteiger partial charge on any atom is -0.444 e. The van der Waals surface area contributed by atoms with Crippen LogP contribution in [0.3, 0.4) is 0 Å². The van der Waals surface area contributed by atoms with Crippen LogP contribution >= 0.6 is 0 Å². The Balaban J connectivity index is 1.84. The predicted molar refractivity (Wildman–Crippen MR) is 89.4 cm³/mol. The topological polar surface area (TPSA) is 145 Å². The Morgan fingerprint density at radius 2 is 2.12 bits per heavy atom. The SMILES string of the molecule is CC(C)(C)OC(=O)NCCC(=O)Nc1cc(-c2nc(N)no2)ccn1. The number of hydrogen-bond donors (Lipinski definition) is 3. The Labute approximate surface area is 144 Å². The Bertz CT molecular complexity index is 752. The minimum absolute atomic E-state index is 0.0191. The van der Waals surface area contributed by atoms with Crippen LogP contribution < -0.4 is 16.4 Å². The first kappa shape index (κ1) is 18.2. The molecule has 0 aromatic carbocycles. The summed E-state index contributed by atoms with van der Waals surface area (Å²) in [6, 6.07) is 3.22. The zero-order valence-corrected chi connectivity index (χ0v) is 14.2. The van der Waals surface area contributed by atoms with Gasteiger partial charge in [0.15, 0.2) is 0 Å². The lowest BCUT2D eigenvalue weighted by Gasteiger charge is -2.19. The molecule has 10 nitrogen and oxygen atoms in total. The van der Waals surface area contributed by atoms with Crippen LogP contribution in [0.4, 0.5) is 16.6 Å². The lowest BCUT2D eigenvalue weighted by atomic mass is 10.2. The zero-order chi connectivity index (χ0) is 18.4. The van der Waals surface area contributed by atoms with Gasteiger partial charge in [-0.1, -0.05) is 0 Å². The van der Waals surface area contributed by atoms with Crippen LogP contribution in [0.1, 0.15) is 27.2 Å². The molecule has 2 amide bonds. The number of amides is 2. The van der Waals surface area contributed by atoms with E-state index in [2.05, 4.69) is 25.8 Å². The van der Waals surface area contributed by atoms with Crippen molar-refractivity contribution in [2.75, 3.05) is 17.6 Å². The van der Waals surface area contributed by atoms with Gasteiger partial charge in [-0.15, -0.1) is 0 Å². The van der Waals surface area contributed by atoms with Crippen molar-refractivity contribution in [2.45, 2.75) is 32.8 Å². The van der Waals surface area contributed by atoms with Gasteiger partial charge in [0, 0.05) is 24.7 Å². The van der Waals surface area contributed by atoms with E-state index >= 15 is 0 Å². The molecule has 134 valence electrons. The molecular weight excluding hydrogens is 328 g/mol. The average molecular weight is 348 g/mol. The average Bonchev–Trinajstić information content (AvgIpc) is 2.92. The first-order chi connectivity index (χ1) is 11.7. The van der Waals surface area contributed by atoms with Crippen molar-refractivity contribution in [1.29, 1.82) is 0 Å². The molecule has 25 heavy (non-hydrogen) atoms. The number of nitrogens with two attached hydrogens (primary N) is 1. The minimum atomic E-state index is -0.588. The highest BCUT2D eigenvalue weighted by Crippen LogP contribution is 2.19. The predicted octanol–water partition coefficient (Wildman–Crippen LogP) is 1.57. The third-order valence-corrected chi connectivity index (χ3v) is 2.74. The molecule has 0 fully saturated rings. The molecule has 0 saturated carbocycles. The summed E-state index contributed by atoms with van der Waals surface area (Å²) in [5, 5.41) is 8.62. The lowest BCUT2D eigenvalue weighted by molar-refractivity contribution is -0.116. The van der Waals surface area contributed by atoms with Gasteiger partial charge in [-0.05, 0) is 38.1 Å². The molecule has 4 N–H and O–H groups in total. The van der Waals surface area contributed by atoms with Crippen molar-refractivity contribution >= 4 is 23.8 Å². The molecule has 0 aliphatic rings. The summed E-state index contributed by atoms with van der Waals surface area (Å²) in [6.45, 7) is 5.42. The monoisotopic (exact) mass is 348 g/mol. The maximum Gasteiger partial charge on any atom is 0.407 e. The van der Waals surface area contributed by atoms with Crippen LogP contribution in [-0.2, 0) is 9.53 Å². The number of rotatable bonds is 5. The van der Waals surface area contributed by atoms with Gasteiger partial charge in [-0.25, -0.2) is 9.78 Å².